The summed E-state index contributed by atoms with van der Waals surface area (Å²) < 4.78 is 11.3. The Labute approximate surface area is 143 Å². The zero-order valence-corrected chi connectivity index (χ0v) is 14.5. The molecule has 126 valence electrons. The predicted molar refractivity (Wildman–Crippen MR) is 87.1 cm³/mol. The number of halogens is 1. The monoisotopic (exact) mass is 385 g/mol. The molecule has 0 saturated carbocycles. The summed E-state index contributed by atoms with van der Waals surface area (Å²) in [5, 5.41) is 9.45. The summed E-state index contributed by atoms with van der Waals surface area (Å²) in [6, 6.07) is 4.80. The summed E-state index contributed by atoms with van der Waals surface area (Å²) in [6.45, 7) is 3.34. The van der Waals surface area contributed by atoms with Crippen LogP contribution in [-0.2, 0) is 32.0 Å². The van der Waals surface area contributed by atoms with Gasteiger partial charge in [0.25, 0.3) is 0 Å². The largest absolute Gasteiger partial charge is 0.480 e. The van der Waals surface area contributed by atoms with E-state index in [9.17, 15) is 14.7 Å². The number of carbonyl (C=O) groups is 2. The second-order valence-electron chi connectivity index (χ2n) is 5.21. The highest BCUT2D eigenvalue weighted by atomic mass is 79.9. The standard InChI is InChI=1S/C16H20BrNO5/c1-2-22-6-7-23-10-15(19)18-9-11-4-3-5-13(17)12(11)8-14(18)16(20)21/h3-5,14H,2,6-10H2,1H3,(H,20,21). The molecule has 1 N–H and O–H groups in total. The van der Waals surface area contributed by atoms with Crippen LogP contribution in [0.15, 0.2) is 22.7 Å². The van der Waals surface area contributed by atoms with E-state index in [1.54, 1.807) is 0 Å². The fourth-order valence-corrected chi connectivity index (χ4v) is 3.13. The van der Waals surface area contributed by atoms with Crippen LogP contribution < -0.4 is 0 Å². The average Bonchev–Trinajstić information content (AvgIpc) is 2.53. The van der Waals surface area contributed by atoms with Crippen molar-refractivity contribution in [1.82, 2.24) is 4.90 Å². The third kappa shape index (κ3) is 4.53. The zero-order chi connectivity index (χ0) is 16.8. The third-order valence-corrected chi connectivity index (χ3v) is 4.48. The van der Waals surface area contributed by atoms with Crippen molar-refractivity contribution in [2.45, 2.75) is 25.9 Å². The summed E-state index contributed by atoms with van der Waals surface area (Å²) in [6.07, 6.45) is 0.288. The molecule has 1 atom stereocenters. The summed E-state index contributed by atoms with van der Waals surface area (Å²) in [7, 11) is 0. The van der Waals surface area contributed by atoms with Gasteiger partial charge in [-0.3, -0.25) is 4.79 Å². The SMILES string of the molecule is CCOCCOCC(=O)N1Cc2cccc(Br)c2CC1C(=O)O. The number of nitrogens with zero attached hydrogens (tertiary/aromatic N) is 1. The number of hydrogen-bond acceptors (Lipinski definition) is 4. The molecule has 1 aromatic rings. The van der Waals surface area contributed by atoms with Gasteiger partial charge in [-0.2, -0.15) is 0 Å². The number of carbonyl (C=O) groups excluding carboxylic acids is 1. The molecule has 1 aromatic carbocycles. The lowest BCUT2D eigenvalue weighted by Crippen LogP contribution is -2.50. The van der Waals surface area contributed by atoms with Crippen molar-refractivity contribution in [3.8, 4) is 0 Å². The Balaban J connectivity index is 2.04. The number of hydrogen-bond donors (Lipinski definition) is 1. The Hall–Kier alpha value is -1.44. The van der Waals surface area contributed by atoms with Gasteiger partial charge in [0.15, 0.2) is 0 Å². The summed E-state index contributed by atoms with van der Waals surface area (Å²) >= 11 is 3.45. The fourth-order valence-electron chi connectivity index (χ4n) is 2.56. The smallest absolute Gasteiger partial charge is 0.326 e. The minimum absolute atomic E-state index is 0.139. The van der Waals surface area contributed by atoms with Crippen molar-refractivity contribution in [2.24, 2.45) is 0 Å². The van der Waals surface area contributed by atoms with Gasteiger partial charge in [0, 0.05) is 24.0 Å². The molecule has 0 fully saturated rings. The van der Waals surface area contributed by atoms with Crippen LogP contribution in [0.1, 0.15) is 18.1 Å². The maximum atomic E-state index is 12.3. The molecule has 1 unspecified atom stereocenters. The maximum absolute atomic E-state index is 12.3. The van der Waals surface area contributed by atoms with Gasteiger partial charge in [0.2, 0.25) is 5.91 Å². The van der Waals surface area contributed by atoms with Crippen molar-refractivity contribution < 1.29 is 24.2 Å². The van der Waals surface area contributed by atoms with Crippen molar-refractivity contribution in [3.63, 3.8) is 0 Å². The Morgan fingerprint density at radius 3 is 2.78 bits per heavy atom. The van der Waals surface area contributed by atoms with E-state index in [1.165, 1.54) is 4.90 Å². The first kappa shape index (κ1) is 17.9. The van der Waals surface area contributed by atoms with E-state index in [4.69, 9.17) is 9.47 Å². The Morgan fingerprint density at radius 2 is 2.09 bits per heavy atom. The molecule has 1 aliphatic rings. The van der Waals surface area contributed by atoms with E-state index in [1.807, 2.05) is 25.1 Å². The lowest BCUT2D eigenvalue weighted by molar-refractivity contribution is -0.153. The average molecular weight is 386 g/mol. The number of aliphatic carboxylic acids is 1. The molecular weight excluding hydrogens is 366 g/mol. The van der Waals surface area contributed by atoms with Crippen LogP contribution in [0.2, 0.25) is 0 Å². The molecule has 0 radical (unpaired) electrons. The first-order chi connectivity index (χ1) is 11.0. The quantitative estimate of drug-likeness (QED) is 0.724. The van der Waals surface area contributed by atoms with Crippen LogP contribution in [0.25, 0.3) is 0 Å². The van der Waals surface area contributed by atoms with Crippen molar-refractivity contribution in [2.75, 3.05) is 26.4 Å². The lowest BCUT2D eigenvalue weighted by Gasteiger charge is -2.34. The normalized spacial score (nSPS) is 17.0. The highest BCUT2D eigenvalue weighted by molar-refractivity contribution is 9.10. The first-order valence-electron chi connectivity index (χ1n) is 7.48. The molecule has 0 aromatic heterocycles. The summed E-state index contributed by atoms with van der Waals surface area (Å²) in [4.78, 5) is 25.2. The van der Waals surface area contributed by atoms with E-state index >= 15 is 0 Å². The molecule has 0 spiro atoms. The van der Waals surface area contributed by atoms with Crippen molar-refractivity contribution in [3.05, 3.63) is 33.8 Å². The summed E-state index contributed by atoms with van der Waals surface area (Å²) in [5.74, 6) is -1.33. The predicted octanol–water partition coefficient (Wildman–Crippen LogP) is 1.84. The van der Waals surface area contributed by atoms with Crippen molar-refractivity contribution in [1.29, 1.82) is 0 Å². The number of ether oxygens (including phenoxy) is 2. The van der Waals surface area contributed by atoms with Gasteiger partial charge in [0.05, 0.1) is 13.2 Å². The van der Waals surface area contributed by atoms with Crippen LogP contribution in [-0.4, -0.2) is 54.4 Å². The first-order valence-corrected chi connectivity index (χ1v) is 8.28. The molecule has 1 heterocycles. The fraction of sp³-hybridized carbons (Fsp3) is 0.500. The van der Waals surface area contributed by atoms with Crippen LogP contribution >= 0.6 is 15.9 Å². The van der Waals surface area contributed by atoms with E-state index < -0.39 is 12.0 Å². The van der Waals surface area contributed by atoms with Gasteiger partial charge < -0.3 is 19.5 Å². The van der Waals surface area contributed by atoms with Gasteiger partial charge in [-0.1, -0.05) is 28.1 Å². The molecule has 1 aliphatic heterocycles. The minimum atomic E-state index is -1.01. The molecule has 0 aliphatic carbocycles. The number of amides is 1. The molecule has 0 saturated heterocycles. The molecular formula is C16H20BrNO5. The van der Waals surface area contributed by atoms with E-state index in [-0.39, 0.29) is 25.5 Å². The van der Waals surface area contributed by atoms with Crippen LogP contribution in [0.4, 0.5) is 0 Å². The summed E-state index contributed by atoms with van der Waals surface area (Å²) in [5.41, 5.74) is 1.90. The second-order valence-corrected chi connectivity index (χ2v) is 6.06. The maximum Gasteiger partial charge on any atom is 0.326 e. The topological polar surface area (TPSA) is 76.1 Å². The van der Waals surface area contributed by atoms with Crippen LogP contribution in [0.5, 0.6) is 0 Å². The Kier molecular flexibility index (Phi) is 6.56. The van der Waals surface area contributed by atoms with Crippen LogP contribution in [0, 0.1) is 0 Å². The number of benzene rings is 1. The minimum Gasteiger partial charge on any atom is -0.480 e. The van der Waals surface area contributed by atoms with Gasteiger partial charge >= 0.3 is 5.97 Å². The van der Waals surface area contributed by atoms with Gasteiger partial charge in [-0.05, 0) is 24.1 Å². The number of rotatable bonds is 7. The molecule has 7 heteroatoms. The molecule has 1 amide bonds. The molecule has 6 nitrogen and oxygen atoms in total. The van der Waals surface area contributed by atoms with E-state index in [0.29, 0.717) is 19.8 Å². The lowest BCUT2D eigenvalue weighted by atomic mass is 9.94. The molecule has 2 rings (SSSR count). The highest BCUT2D eigenvalue weighted by Crippen LogP contribution is 2.29. The second kappa shape index (κ2) is 8.42. The van der Waals surface area contributed by atoms with Gasteiger partial charge in [0.1, 0.15) is 12.6 Å². The van der Waals surface area contributed by atoms with Crippen LogP contribution in [0.3, 0.4) is 0 Å². The third-order valence-electron chi connectivity index (χ3n) is 3.74. The molecule has 23 heavy (non-hydrogen) atoms. The number of carboxylic acids is 1. The number of fused-ring (bicyclic) bond motifs is 1. The zero-order valence-electron chi connectivity index (χ0n) is 13.0. The highest BCUT2D eigenvalue weighted by Gasteiger charge is 2.35. The van der Waals surface area contributed by atoms with Gasteiger partial charge in [-0.15, -0.1) is 0 Å². The van der Waals surface area contributed by atoms with E-state index in [2.05, 4.69) is 15.9 Å². The van der Waals surface area contributed by atoms with Gasteiger partial charge in [-0.25, -0.2) is 4.79 Å². The van der Waals surface area contributed by atoms with E-state index in [0.717, 1.165) is 15.6 Å². The molecule has 0 bridgehead atoms. The van der Waals surface area contributed by atoms with Crippen molar-refractivity contribution >= 4 is 27.8 Å². The Morgan fingerprint density at radius 1 is 1.35 bits per heavy atom. The number of carboxylic acid groups (broad SMARTS) is 1. The Bertz CT molecular complexity index is 578.